The lowest BCUT2D eigenvalue weighted by molar-refractivity contribution is 0.468. The van der Waals surface area contributed by atoms with Crippen LogP contribution in [0.4, 0.5) is 0 Å². The van der Waals surface area contributed by atoms with Crippen LogP contribution in [0.1, 0.15) is 30.9 Å². The lowest BCUT2D eigenvalue weighted by atomic mass is 10.1. The SMILES string of the molecule is CCC#CCCc1cc(C)ccc1O. The number of rotatable bonds is 2. The molecule has 0 atom stereocenters. The van der Waals surface area contributed by atoms with Crippen LogP contribution in [-0.4, -0.2) is 5.11 Å². The first kappa shape index (κ1) is 10.7. The zero-order chi connectivity index (χ0) is 10.4. The van der Waals surface area contributed by atoms with Gasteiger partial charge < -0.3 is 5.11 Å². The van der Waals surface area contributed by atoms with E-state index in [2.05, 4.69) is 11.8 Å². The molecule has 1 nitrogen and oxygen atoms in total. The lowest BCUT2D eigenvalue weighted by Gasteiger charge is -2.02. The molecule has 1 aromatic rings. The van der Waals surface area contributed by atoms with Crippen molar-refractivity contribution in [3.8, 4) is 17.6 Å². The third-order valence-corrected chi connectivity index (χ3v) is 2.06. The van der Waals surface area contributed by atoms with Crippen molar-refractivity contribution in [1.82, 2.24) is 0 Å². The summed E-state index contributed by atoms with van der Waals surface area (Å²) in [6.45, 7) is 4.07. The van der Waals surface area contributed by atoms with Crippen LogP contribution in [0.2, 0.25) is 0 Å². The average Bonchev–Trinajstić information content (AvgIpc) is 2.18. The zero-order valence-electron chi connectivity index (χ0n) is 8.80. The van der Waals surface area contributed by atoms with E-state index in [0.29, 0.717) is 5.75 Å². The van der Waals surface area contributed by atoms with Crippen molar-refractivity contribution in [3.05, 3.63) is 29.3 Å². The highest BCUT2D eigenvalue weighted by Crippen LogP contribution is 2.19. The monoisotopic (exact) mass is 188 g/mol. The quantitative estimate of drug-likeness (QED) is 0.707. The highest BCUT2D eigenvalue weighted by molar-refractivity contribution is 5.36. The van der Waals surface area contributed by atoms with E-state index in [0.717, 1.165) is 24.8 Å². The largest absolute Gasteiger partial charge is 0.508 e. The molecule has 0 amide bonds. The van der Waals surface area contributed by atoms with E-state index in [1.165, 1.54) is 5.56 Å². The molecule has 0 saturated heterocycles. The molecule has 1 aromatic carbocycles. The molecule has 0 heterocycles. The van der Waals surface area contributed by atoms with Crippen LogP contribution in [0.5, 0.6) is 5.75 Å². The molecule has 74 valence electrons. The molecular formula is C13H16O. The number of hydrogen-bond donors (Lipinski definition) is 1. The Morgan fingerprint density at radius 3 is 2.79 bits per heavy atom. The molecule has 0 radical (unpaired) electrons. The van der Waals surface area contributed by atoms with Gasteiger partial charge >= 0.3 is 0 Å². The summed E-state index contributed by atoms with van der Waals surface area (Å²) in [7, 11) is 0. The van der Waals surface area contributed by atoms with E-state index in [1.807, 2.05) is 26.0 Å². The summed E-state index contributed by atoms with van der Waals surface area (Å²) < 4.78 is 0. The fourth-order valence-corrected chi connectivity index (χ4v) is 1.33. The van der Waals surface area contributed by atoms with Gasteiger partial charge in [-0.2, -0.15) is 0 Å². The van der Waals surface area contributed by atoms with Gasteiger partial charge in [-0.25, -0.2) is 0 Å². The van der Waals surface area contributed by atoms with Crippen LogP contribution in [-0.2, 0) is 6.42 Å². The van der Waals surface area contributed by atoms with Gasteiger partial charge in [0.1, 0.15) is 5.75 Å². The highest BCUT2D eigenvalue weighted by Gasteiger charge is 1.99. The standard InChI is InChI=1S/C13H16O/c1-3-4-5-6-7-12-10-11(2)8-9-13(12)14/h8-10,14H,3,6-7H2,1-2H3. The number of phenolic OH excluding ortho intramolecular Hbond substituents is 1. The van der Waals surface area contributed by atoms with Gasteiger partial charge in [-0.05, 0) is 25.0 Å². The van der Waals surface area contributed by atoms with E-state index in [9.17, 15) is 5.11 Å². The first-order valence-electron chi connectivity index (χ1n) is 4.98. The molecule has 0 spiro atoms. The second-order valence-electron chi connectivity index (χ2n) is 3.34. The second kappa shape index (κ2) is 5.34. The van der Waals surface area contributed by atoms with Gasteiger partial charge in [0.05, 0.1) is 0 Å². The van der Waals surface area contributed by atoms with Gasteiger partial charge in [-0.3, -0.25) is 0 Å². The van der Waals surface area contributed by atoms with Gasteiger partial charge in [0.25, 0.3) is 0 Å². The van der Waals surface area contributed by atoms with Gasteiger partial charge in [0, 0.05) is 12.8 Å². The summed E-state index contributed by atoms with van der Waals surface area (Å²) in [5.74, 6) is 6.47. The summed E-state index contributed by atoms with van der Waals surface area (Å²) in [6, 6.07) is 5.68. The minimum Gasteiger partial charge on any atom is -0.508 e. The van der Waals surface area contributed by atoms with Crippen LogP contribution >= 0.6 is 0 Å². The molecule has 0 aliphatic carbocycles. The minimum absolute atomic E-state index is 0.383. The van der Waals surface area contributed by atoms with E-state index in [4.69, 9.17) is 0 Å². The first-order valence-corrected chi connectivity index (χ1v) is 4.98. The highest BCUT2D eigenvalue weighted by atomic mass is 16.3. The summed E-state index contributed by atoms with van der Waals surface area (Å²) >= 11 is 0. The fourth-order valence-electron chi connectivity index (χ4n) is 1.33. The molecule has 14 heavy (non-hydrogen) atoms. The third-order valence-electron chi connectivity index (χ3n) is 2.06. The van der Waals surface area contributed by atoms with E-state index >= 15 is 0 Å². The molecule has 0 aromatic heterocycles. The molecule has 1 rings (SSSR count). The van der Waals surface area contributed by atoms with Crippen LogP contribution in [0.15, 0.2) is 18.2 Å². The first-order chi connectivity index (χ1) is 6.74. The Bertz CT molecular complexity index is 355. The van der Waals surface area contributed by atoms with Crippen LogP contribution in [0.25, 0.3) is 0 Å². The smallest absolute Gasteiger partial charge is 0.118 e. The Morgan fingerprint density at radius 1 is 1.29 bits per heavy atom. The molecule has 0 unspecified atom stereocenters. The number of aryl methyl sites for hydroxylation is 2. The summed E-state index contributed by atoms with van der Waals surface area (Å²) in [6.07, 6.45) is 2.56. The van der Waals surface area contributed by atoms with Gasteiger partial charge in [0.15, 0.2) is 0 Å². The molecule has 0 saturated carbocycles. The van der Waals surface area contributed by atoms with Crippen LogP contribution in [0.3, 0.4) is 0 Å². The third kappa shape index (κ3) is 3.14. The topological polar surface area (TPSA) is 20.2 Å². The average molecular weight is 188 g/mol. The van der Waals surface area contributed by atoms with Gasteiger partial charge in [-0.1, -0.05) is 24.6 Å². The van der Waals surface area contributed by atoms with Gasteiger partial charge in [0.2, 0.25) is 0 Å². The van der Waals surface area contributed by atoms with Crippen molar-refractivity contribution in [2.45, 2.75) is 33.1 Å². The fraction of sp³-hybridized carbons (Fsp3) is 0.385. The number of hydrogen-bond acceptors (Lipinski definition) is 1. The molecule has 0 bridgehead atoms. The normalized spacial score (nSPS) is 9.29. The zero-order valence-corrected chi connectivity index (χ0v) is 8.80. The Balaban J connectivity index is 2.62. The Hall–Kier alpha value is -1.42. The van der Waals surface area contributed by atoms with E-state index < -0.39 is 0 Å². The summed E-state index contributed by atoms with van der Waals surface area (Å²) in [5, 5.41) is 9.54. The maximum Gasteiger partial charge on any atom is 0.118 e. The van der Waals surface area contributed by atoms with Crippen LogP contribution < -0.4 is 0 Å². The van der Waals surface area contributed by atoms with E-state index in [-0.39, 0.29) is 0 Å². The number of benzene rings is 1. The maximum atomic E-state index is 9.54. The Labute approximate surface area is 85.8 Å². The predicted molar refractivity (Wildman–Crippen MR) is 59.2 cm³/mol. The Morgan fingerprint density at radius 2 is 2.07 bits per heavy atom. The molecular weight excluding hydrogens is 172 g/mol. The Kier molecular flexibility index (Phi) is 4.07. The molecule has 0 fully saturated rings. The van der Waals surface area contributed by atoms with Crippen molar-refractivity contribution in [3.63, 3.8) is 0 Å². The van der Waals surface area contributed by atoms with Crippen molar-refractivity contribution in [2.75, 3.05) is 0 Å². The second-order valence-corrected chi connectivity index (χ2v) is 3.34. The summed E-state index contributed by atoms with van der Waals surface area (Å²) in [5.41, 5.74) is 2.18. The van der Waals surface area contributed by atoms with E-state index in [1.54, 1.807) is 6.07 Å². The maximum absolute atomic E-state index is 9.54. The number of aromatic hydroxyl groups is 1. The summed E-state index contributed by atoms with van der Waals surface area (Å²) in [4.78, 5) is 0. The molecule has 0 aliphatic rings. The molecule has 1 N–H and O–H groups in total. The van der Waals surface area contributed by atoms with Gasteiger partial charge in [-0.15, -0.1) is 11.8 Å². The molecule has 0 aliphatic heterocycles. The predicted octanol–water partition coefficient (Wildman–Crippen LogP) is 3.05. The van der Waals surface area contributed by atoms with Crippen molar-refractivity contribution < 1.29 is 5.11 Å². The van der Waals surface area contributed by atoms with Crippen LogP contribution in [0, 0.1) is 18.8 Å². The van der Waals surface area contributed by atoms with Crippen molar-refractivity contribution in [2.24, 2.45) is 0 Å². The molecule has 1 heteroatoms. The number of phenols is 1. The van der Waals surface area contributed by atoms with Crippen molar-refractivity contribution >= 4 is 0 Å². The van der Waals surface area contributed by atoms with Crippen molar-refractivity contribution in [1.29, 1.82) is 0 Å². The minimum atomic E-state index is 0.383. The lowest BCUT2D eigenvalue weighted by Crippen LogP contribution is -1.86.